The molecule has 56 heavy (non-hydrogen) atoms. The third-order valence-corrected chi connectivity index (χ3v) is 10.6. The Morgan fingerprint density at radius 1 is 0.554 bits per heavy atom. The minimum Gasteiger partial charge on any atom is -0.462 e. The summed E-state index contributed by atoms with van der Waals surface area (Å²) >= 11 is 0. The zero-order valence-electron chi connectivity index (χ0n) is 35.6. The third kappa shape index (κ3) is 28.6. The summed E-state index contributed by atoms with van der Waals surface area (Å²) in [5.41, 5.74) is 0. The molecule has 328 valence electrons. The highest BCUT2D eigenvalue weighted by Gasteiger charge is 2.44. The van der Waals surface area contributed by atoms with Crippen LogP contribution in [0.4, 0.5) is 0 Å². The van der Waals surface area contributed by atoms with E-state index in [0.29, 0.717) is 6.42 Å². The average molecular weight is 797 g/mol. The molecular formula is C46H84O10. The van der Waals surface area contributed by atoms with Crippen molar-refractivity contribution in [1.82, 2.24) is 0 Å². The van der Waals surface area contributed by atoms with E-state index in [1.807, 2.05) is 0 Å². The summed E-state index contributed by atoms with van der Waals surface area (Å²) < 4.78 is 22.1. The van der Waals surface area contributed by atoms with E-state index in [1.165, 1.54) is 116 Å². The summed E-state index contributed by atoms with van der Waals surface area (Å²) in [5, 5.41) is 40.0. The summed E-state index contributed by atoms with van der Waals surface area (Å²) in [6.45, 7) is 3.40. The minimum atomic E-state index is -1.59. The maximum atomic E-state index is 12.8. The first-order valence-corrected chi connectivity index (χ1v) is 22.9. The molecule has 10 heteroatoms. The molecule has 0 aliphatic carbocycles. The van der Waals surface area contributed by atoms with Crippen molar-refractivity contribution in [3.63, 3.8) is 0 Å². The number of hydrogen-bond acceptors (Lipinski definition) is 10. The van der Waals surface area contributed by atoms with E-state index in [4.69, 9.17) is 18.9 Å². The van der Waals surface area contributed by atoms with Gasteiger partial charge in [0.05, 0.1) is 13.2 Å². The molecule has 4 N–H and O–H groups in total. The van der Waals surface area contributed by atoms with Crippen molar-refractivity contribution in [2.75, 3.05) is 19.8 Å². The number of aliphatic hydroxyl groups is 4. The van der Waals surface area contributed by atoms with Gasteiger partial charge in [0.1, 0.15) is 31.0 Å². The van der Waals surface area contributed by atoms with Crippen LogP contribution in [-0.2, 0) is 28.5 Å². The van der Waals surface area contributed by atoms with Gasteiger partial charge in [-0.15, -0.1) is 0 Å². The topological polar surface area (TPSA) is 152 Å². The fraction of sp³-hybridized carbons (Fsp3) is 0.870. The van der Waals surface area contributed by atoms with Crippen molar-refractivity contribution < 1.29 is 49.0 Å². The zero-order valence-corrected chi connectivity index (χ0v) is 35.6. The van der Waals surface area contributed by atoms with E-state index < -0.39 is 49.4 Å². The number of esters is 2. The molecule has 1 rings (SSSR count). The Morgan fingerprint density at radius 2 is 1.00 bits per heavy atom. The molecule has 1 aliphatic heterocycles. The molecule has 1 fully saturated rings. The van der Waals surface area contributed by atoms with Crippen LogP contribution < -0.4 is 0 Å². The lowest BCUT2D eigenvalue weighted by atomic mass is 9.99. The van der Waals surface area contributed by atoms with E-state index in [2.05, 4.69) is 38.2 Å². The lowest BCUT2D eigenvalue weighted by Gasteiger charge is -2.39. The number of hydrogen-bond donors (Lipinski definition) is 4. The van der Waals surface area contributed by atoms with Gasteiger partial charge in [-0.25, -0.2) is 0 Å². The number of allylic oxidation sites excluding steroid dienone is 4. The predicted octanol–water partition coefficient (Wildman–Crippen LogP) is 9.72. The van der Waals surface area contributed by atoms with Gasteiger partial charge in [-0.05, 0) is 44.9 Å². The monoisotopic (exact) mass is 797 g/mol. The molecule has 1 aliphatic rings. The molecule has 0 saturated carbocycles. The maximum Gasteiger partial charge on any atom is 0.306 e. The van der Waals surface area contributed by atoms with Crippen molar-refractivity contribution in [2.24, 2.45) is 0 Å². The molecule has 0 bridgehead atoms. The standard InChI is InChI=1S/C46H84O10/c1-3-5-7-9-11-13-15-16-17-18-19-20-21-22-23-24-25-27-29-31-33-35-42(49)55-39(38-54-46-45(52)44(51)43(50)40(36-47)56-46)37-53-41(48)34-32-30-28-26-14-12-10-8-6-4-2/h15-16,18-19,39-40,43-47,50-52H,3-14,17,20-38H2,1-2H3/b16-15-,19-18-. The van der Waals surface area contributed by atoms with Gasteiger partial charge < -0.3 is 39.4 Å². The first kappa shape index (κ1) is 52.2. The number of carbonyl (C=O) groups is 2. The first-order valence-electron chi connectivity index (χ1n) is 22.9. The molecular weight excluding hydrogens is 712 g/mol. The van der Waals surface area contributed by atoms with Crippen LogP contribution >= 0.6 is 0 Å². The molecule has 0 aromatic heterocycles. The van der Waals surface area contributed by atoms with E-state index in [9.17, 15) is 30.0 Å². The van der Waals surface area contributed by atoms with Crippen molar-refractivity contribution >= 4 is 11.9 Å². The largest absolute Gasteiger partial charge is 0.462 e. The smallest absolute Gasteiger partial charge is 0.306 e. The van der Waals surface area contributed by atoms with Crippen molar-refractivity contribution in [2.45, 2.75) is 237 Å². The second-order valence-electron chi connectivity index (χ2n) is 15.9. The predicted molar refractivity (Wildman–Crippen MR) is 224 cm³/mol. The Bertz CT molecular complexity index is 970. The molecule has 0 aromatic carbocycles. The second-order valence-corrected chi connectivity index (χ2v) is 15.9. The van der Waals surface area contributed by atoms with Crippen molar-refractivity contribution in [3.05, 3.63) is 24.3 Å². The molecule has 1 saturated heterocycles. The summed E-state index contributed by atoms with van der Waals surface area (Å²) in [6.07, 6.45) is 33.3. The Hall–Kier alpha value is -1.82. The Morgan fingerprint density at radius 3 is 1.48 bits per heavy atom. The average Bonchev–Trinajstić information content (AvgIpc) is 3.19. The summed E-state index contributed by atoms with van der Waals surface area (Å²) in [6, 6.07) is 0. The van der Waals surface area contributed by atoms with Crippen molar-refractivity contribution in [1.29, 1.82) is 0 Å². The third-order valence-electron chi connectivity index (χ3n) is 10.6. The number of unbranched alkanes of at least 4 members (excludes halogenated alkanes) is 23. The number of ether oxygens (including phenoxy) is 4. The van der Waals surface area contributed by atoms with Crippen LogP contribution in [0.25, 0.3) is 0 Å². The van der Waals surface area contributed by atoms with Gasteiger partial charge in [0.25, 0.3) is 0 Å². The van der Waals surface area contributed by atoms with E-state index in [-0.39, 0.29) is 32.0 Å². The highest BCUT2D eigenvalue weighted by Crippen LogP contribution is 2.23. The van der Waals surface area contributed by atoms with Gasteiger partial charge in [-0.3, -0.25) is 9.59 Å². The van der Waals surface area contributed by atoms with Crippen LogP contribution in [0, 0.1) is 0 Å². The summed E-state index contributed by atoms with van der Waals surface area (Å²) in [7, 11) is 0. The SMILES string of the molecule is CCCCCCC/C=C\C/C=C\CCCCCCCCCCCC(=O)OC(COC(=O)CCCCCCCCCCCC)COC1OC(CO)C(O)C(O)C1O. The van der Waals surface area contributed by atoms with Crippen LogP contribution in [0.1, 0.15) is 200 Å². The van der Waals surface area contributed by atoms with Crippen LogP contribution in [0.3, 0.4) is 0 Å². The molecule has 0 amide bonds. The van der Waals surface area contributed by atoms with E-state index >= 15 is 0 Å². The normalized spacial score (nSPS) is 20.6. The molecule has 10 nitrogen and oxygen atoms in total. The first-order chi connectivity index (χ1) is 27.3. The van der Waals surface area contributed by atoms with Crippen LogP contribution in [0.15, 0.2) is 24.3 Å². The number of carbonyl (C=O) groups excluding carboxylic acids is 2. The zero-order chi connectivity index (χ0) is 40.9. The Kier molecular flexibility index (Phi) is 34.9. The lowest BCUT2D eigenvalue weighted by Crippen LogP contribution is -2.59. The van der Waals surface area contributed by atoms with Crippen molar-refractivity contribution in [3.8, 4) is 0 Å². The second kappa shape index (κ2) is 37.5. The summed E-state index contributed by atoms with van der Waals surface area (Å²) in [4.78, 5) is 25.3. The van der Waals surface area contributed by atoms with Gasteiger partial charge >= 0.3 is 11.9 Å². The fourth-order valence-corrected chi connectivity index (χ4v) is 6.92. The molecule has 0 radical (unpaired) electrons. The quantitative estimate of drug-likeness (QED) is 0.0270. The van der Waals surface area contributed by atoms with Gasteiger partial charge in [0.2, 0.25) is 0 Å². The molecule has 1 heterocycles. The van der Waals surface area contributed by atoms with Crippen LogP contribution in [0.5, 0.6) is 0 Å². The molecule has 6 atom stereocenters. The highest BCUT2D eigenvalue weighted by molar-refractivity contribution is 5.70. The van der Waals surface area contributed by atoms with Gasteiger partial charge in [-0.2, -0.15) is 0 Å². The molecule has 0 spiro atoms. The van der Waals surface area contributed by atoms with Crippen LogP contribution in [0.2, 0.25) is 0 Å². The van der Waals surface area contributed by atoms with Gasteiger partial charge in [0, 0.05) is 12.8 Å². The van der Waals surface area contributed by atoms with Gasteiger partial charge in [0.15, 0.2) is 12.4 Å². The Labute approximate surface area is 341 Å². The number of aliphatic hydroxyl groups excluding tert-OH is 4. The van der Waals surface area contributed by atoms with E-state index in [0.717, 1.165) is 51.4 Å². The van der Waals surface area contributed by atoms with Crippen LogP contribution in [-0.4, -0.2) is 89.0 Å². The lowest BCUT2D eigenvalue weighted by molar-refractivity contribution is -0.305. The summed E-state index contributed by atoms with van der Waals surface area (Å²) in [5.74, 6) is -0.807. The maximum absolute atomic E-state index is 12.8. The fourth-order valence-electron chi connectivity index (χ4n) is 6.92. The number of rotatable bonds is 38. The molecule has 0 aromatic rings. The highest BCUT2D eigenvalue weighted by atomic mass is 16.7. The van der Waals surface area contributed by atoms with Gasteiger partial charge in [-0.1, -0.05) is 167 Å². The Balaban J connectivity index is 2.28. The minimum absolute atomic E-state index is 0.216. The molecule has 6 unspecified atom stereocenters. The van der Waals surface area contributed by atoms with E-state index in [1.54, 1.807) is 0 Å².